The van der Waals surface area contributed by atoms with Gasteiger partial charge in [-0.15, -0.1) is 5.10 Å². The number of nitrogens with zero attached hydrogens (tertiary/aromatic N) is 4. The van der Waals surface area contributed by atoms with E-state index in [1.165, 1.54) is 4.68 Å². The Bertz CT molecular complexity index is 620. The summed E-state index contributed by atoms with van der Waals surface area (Å²) in [4.78, 5) is 22.1. The Morgan fingerprint density at radius 3 is 2.55 bits per heavy atom. The van der Waals surface area contributed by atoms with Gasteiger partial charge in [-0.1, -0.05) is 12.1 Å². The summed E-state index contributed by atoms with van der Waals surface area (Å²) in [6.45, 7) is 0.100. The summed E-state index contributed by atoms with van der Waals surface area (Å²) in [6, 6.07) is 6.75. The van der Waals surface area contributed by atoms with E-state index in [0.29, 0.717) is 11.4 Å². The number of aliphatic carboxylic acids is 1. The molecular formula is C12H13N5O3. The topological polar surface area (TPSA) is 110 Å². The third kappa shape index (κ3) is 3.16. The predicted molar refractivity (Wildman–Crippen MR) is 68.8 cm³/mol. The van der Waals surface area contributed by atoms with Crippen LogP contribution in [0.25, 0.3) is 11.4 Å². The van der Waals surface area contributed by atoms with Crippen LogP contribution in [0.15, 0.2) is 24.3 Å². The van der Waals surface area contributed by atoms with Crippen LogP contribution < -0.4 is 5.32 Å². The molecule has 8 heteroatoms. The standard InChI is InChI=1S/C12H13N5O3/c1-17-11(14-15-16-17)8-2-4-9(5-3-8)12(20)13-7-6-10(18)19/h2-5H,6-7H2,1H3,(H,13,20)(H,18,19). The Morgan fingerprint density at radius 1 is 1.30 bits per heavy atom. The van der Waals surface area contributed by atoms with Crippen LogP contribution >= 0.6 is 0 Å². The number of carbonyl (C=O) groups is 2. The van der Waals surface area contributed by atoms with E-state index in [1.807, 2.05) is 0 Å². The van der Waals surface area contributed by atoms with Gasteiger partial charge in [0.05, 0.1) is 6.42 Å². The zero-order chi connectivity index (χ0) is 14.5. The summed E-state index contributed by atoms with van der Waals surface area (Å²) in [7, 11) is 1.72. The van der Waals surface area contributed by atoms with Gasteiger partial charge < -0.3 is 10.4 Å². The molecule has 0 radical (unpaired) electrons. The van der Waals surface area contributed by atoms with Gasteiger partial charge in [0.25, 0.3) is 5.91 Å². The van der Waals surface area contributed by atoms with Gasteiger partial charge in [0.2, 0.25) is 0 Å². The molecule has 0 aliphatic rings. The SMILES string of the molecule is Cn1nnnc1-c1ccc(C(=O)NCCC(=O)O)cc1. The van der Waals surface area contributed by atoms with Gasteiger partial charge in [0, 0.05) is 24.7 Å². The van der Waals surface area contributed by atoms with Crippen molar-refractivity contribution in [2.45, 2.75) is 6.42 Å². The van der Waals surface area contributed by atoms with Crippen LogP contribution in [0.2, 0.25) is 0 Å². The number of tetrazole rings is 1. The van der Waals surface area contributed by atoms with E-state index in [2.05, 4.69) is 20.8 Å². The predicted octanol–water partition coefficient (Wildman–Crippen LogP) is 0.0816. The van der Waals surface area contributed by atoms with Crippen LogP contribution in [0, 0.1) is 0 Å². The second-order valence-electron chi connectivity index (χ2n) is 4.10. The number of aryl methyl sites for hydroxylation is 1. The molecule has 0 bridgehead atoms. The molecule has 2 rings (SSSR count). The lowest BCUT2D eigenvalue weighted by molar-refractivity contribution is -0.136. The Labute approximate surface area is 114 Å². The molecule has 2 aromatic rings. The van der Waals surface area contributed by atoms with Crippen molar-refractivity contribution in [3.63, 3.8) is 0 Å². The van der Waals surface area contributed by atoms with Crippen molar-refractivity contribution in [2.24, 2.45) is 7.05 Å². The Kier molecular flexibility index (Phi) is 4.04. The molecule has 1 aromatic heterocycles. The molecule has 1 heterocycles. The van der Waals surface area contributed by atoms with E-state index in [4.69, 9.17) is 5.11 Å². The minimum Gasteiger partial charge on any atom is -0.481 e. The fourth-order valence-corrected chi connectivity index (χ4v) is 1.63. The van der Waals surface area contributed by atoms with Crippen LogP contribution in [0.3, 0.4) is 0 Å². The van der Waals surface area contributed by atoms with E-state index < -0.39 is 5.97 Å². The fourth-order valence-electron chi connectivity index (χ4n) is 1.63. The molecule has 0 aliphatic heterocycles. The third-order valence-electron chi connectivity index (χ3n) is 2.65. The summed E-state index contributed by atoms with van der Waals surface area (Å²) in [6.07, 6.45) is -0.103. The zero-order valence-corrected chi connectivity index (χ0v) is 10.8. The highest BCUT2D eigenvalue weighted by atomic mass is 16.4. The van der Waals surface area contributed by atoms with E-state index >= 15 is 0 Å². The summed E-state index contributed by atoms with van der Waals surface area (Å²) in [5.74, 6) is -0.660. The molecule has 104 valence electrons. The maximum atomic E-state index is 11.7. The lowest BCUT2D eigenvalue weighted by Gasteiger charge is -2.04. The van der Waals surface area contributed by atoms with Gasteiger partial charge in [-0.2, -0.15) is 0 Å². The van der Waals surface area contributed by atoms with Crippen LogP contribution in [0.5, 0.6) is 0 Å². The smallest absolute Gasteiger partial charge is 0.305 e. The third-order valence-corrected chi connectivity index (χ3v) is 2.65. The molecule has 0 saturated heterocycles. The molecule has 0 fully saturated rings. The Hall–Kier alpha value is -2.77. The monoisotopic (exact) mass is 275 g/mol. The van der Waals surface area contributed by atoms with Crippen molar-refractivity contribution in [3.8, 4) is 11.4 Å². The fraction of sp³-hybridized carbons (Fsp3) is 0.250. The normalized spacial score (nSPS) is 10.2. The highest BCUT2D eigenvalue weighted by Crippen LogP contribution is 2.15. The number of carboxylic acids is 1. The first-order valence-corrected chi connectivity index (χ1v) is 5.90. The first kappa shape index (κ1) is 13.7. The van der Waals surface area contributed by atoms with E-state index in [0.717, 1.165) is 5.56 Å². The van der Waals surface area contributed by atoms with Gasteiger partial charge in [0.15, 0.2) is 5.82 Å². The molecule has 0 unspecified atom stereocenters. The van der Waals surface area contributed by atoms with Crippen LogP contribution in [0.4, 0.5) is 0 Å². The summed E-state index contributed by atoms with van der Waals surface area (Å²) >= 11 is 0. The molecule has 1 aromatic carbocycles. The number of hydrogen-bond acceptors (Lipinski definition) is 5. The van der Waals surface area contributed by atoms with Crippen molar-refractivity contribution in [2.75, 3.05) is 6.54 Å². The van der Waals surface area contributed by atoms with Gasteiger partial charge in [-0.05, 0) is 22.6 Å². The summed E-state index contributed by atoms with van der Waals surface area (Å²) in [5, 5.41) is 22.2. The number of benzene rings is 1. The molecule has 0 atom stereocenters. The van der Waals surface area contributed by atoms with Crippen molar-refractivity contribution < 1.29 is 14.7 Å². The quantitative estimate of drug-likeness (QED) is 0.799. The molecule has 8 nitrogen and oxygen atoms in total. The van der Waals surface area contributed by atoms with Crippen molar-refractivity contribution in [3.05, 3.63) is 29.8 Å². The van der Waals surface area contributed by atoms with Crippen LogP contribution in [-0.2, 0) is 11.8 Å². The lowest BCUT2D eigenvalue weighted by atomic mass is 10.1. The molecule has 0 spiro atoms. The van der Waals surface area contributed by atoms with Gasteiger partial charge in [-0.25, -0.2) is 4.68 Å². The largest absolute Gasteiger partial charge is 0.481 e. The first-order valence-electron chi connectivity index (χ1n) is 5.90. The highest BCUT2D eigenvalue weighted by Gasteiger charge is 2.09. The second-order valence-corrected chi connectivity index (χ2v) is 4.10. The average molecular weight is 275 g/mol. The number of hydrogen-bond donors (Lipinski definition) is 2. The molecule has 0 saturated carbocycles. The minimum absolute atomic E-state index is 0.100. The van der Waals surface area contributed by atoms with E-state index in [9.17, 15) is 9.59 Å². The first-order chi connectivity index (χ1) is 9.58. The number of aromatic nitrogens is 4. The number of carbonyl (C=O) groups excluding carboxylic acids is 1. The number of rotatable bonds is 5. The maximum Gasteiger partial charge on any atom is 0.305 e. The van der Waals surface area contributed by atoms with Gasteiger partial charge in [0.1, 0.15) is 0 Å². The second kappa shape index (κ2) is 5.91. The van der Waals surface area contributed by atoms with Crippen molar-refractivity contribution >= 4 is 11.9 Å². The zero-order valence-electron chi connectivity index (χ0n) is 10.8. The van der Waals surface area contributed by atoms with Crippen LogP contribution in [0.1, 0.15) is 16.8 Å². The van der Waals surface area contributed by atoms with Crippen molar-refractivity contribution in [1.82, 2.24) is 25.5 Å². The molecule has 0 aliphatic carbocycles. The van der Waals surface area contributed by atoms with Crippen molar-refractivity contribution in [1.29, 1.82) is 0 Å². The molecule has 20 heavy (non-hydrogen) atoms. The maximum absolute atomic E-state index is 11.7. The molecule has 2 N–H and O–H groups in total. The minimum atomic E-state index is -0.949. The van der Waals surface area contributed by atoms with Crippen LogP contribution in [-0.4, -0.2) is 43.7 Å². The van der Waals surface area contributed by atoms with E-state index in [-0.39, 0.29) is 18.9 Å². The van der Waals surface area contributed by atoms with E-state index in [1.54, 1.807) is 31.3 Å². The molecule has 1 amide bonds. The highest BCUT2D eigenvalue weighted by molar-refractivity contribution is 5.94. The summed E-state index contributed by atoms with van der Waals surface area (Å²) < 4.78 is 1.53. The Morgan fingerprint density at radius 2 is 2.00 bits per heavy atom. The molecular weight excluding hydrogens is 262 g/mol. The average Bonchev–Trinajstić information content (AvgIpc) is 2.84. The number of carboxylic acid groups (broad SMARTS) is 1. The summed E-state index contributed by atoms with van der Waals surface area (Å²) in [5.41, 5.74) is 1.24. The lowest BCUT2D eigenvalue weighted by Crippen LogP contribution is -2.25. The van der Waals surface area contributed by atoms with Gasteiger partial charge >= 0.3 is 5.97 Å². The number of amides is 1. The Balaban J connectivity index is 2.03. The van der Waals surface area contributed by atoms with Gasteiger partial charge in [-0.3, -0.25) is 9.59 Å². The number of nitrogens with one attached hydrogen (secondary N) is 1.